The molecule has 0 bridgehead atoms. The fraction of sp³-hybridized carbons (Fsp3) is 0.0638. The first-order valence-corrected chi connectivity index (χ1v) is 17.0. The van der Waals surface area contributed by atoms with Crippen LogP contribution in [0.2, 0.25) is 0 Å². The summed E-state index contributed by atoms with van der Waals surface area (Å²) in [5, 5.41) is 9.63. The van der Waals surface area contributed by atoms with Crippen molar-refractivity contribution >= 4 is 65.4 Å². The summed E-state index contributed by atoms with van der Waals surface area (Å²) in [5.74, 6) is 0. The van der Waals surface area contributed by atoms with Crippen LogP contribution in [0, 0.1) is 0 Å². The van der Waals surface area contributed by atoms with Crippen LogP contribution in [0.3, 0.4) is 0 Å². The van der Waals surface area contributed by atoms with Gasteiger partial charge in [0.1, 0.15) is 22.3 Å². The maximum absolute atomic E-state index is 6.45. The van der Waals surface area contributed by atoms with E-state index in [0.717, 1.165) is 38.5 Å². The zero-order valence-corrected chi connectivity index (χ0v) is 27.2. The average molecular weight is 627 g/mol. The van der Waals surface area contributed by atoms with Crippen LogP contribution in [-0.2, 0) is 5.41 Å². The molecule has 10 aromatic rings. The summed E-state index contributed by atoms with van der Waals surface area (Å²) in [5.41, 5.74) is 13.7. The highest BCUT2D eigenvalue weighted by molar-refractivity contribution is 6.16. The number of benzene rings is 8. The van der Waals surface area contributed by atoms with Crippen molar-refractivity contribution in [2.24, 2.45) is 0 Å². The molecule has 0 saturated carbocycles. The third-order valence-electron chi connectivity index (χ3n) is 11.0. The Balaban J connectivity index is 1.11. The first-order valence-electron chi connectivity index (χ1n) is 17.0. The molecule has 0 radical (unpaired) electrons. The Morgan fingerprint density at radius 1 is 0.388 bits per heavy atom. The molecule has 0 N–H and O–H groups in total. The van der Waals surface area contributed by atoms with Crippen molar-refractivity contribution in [3.63, 3.8) is 0 Å². The van der Waals surface area contributed by atoms with Gasteiger partial charge in [0.05, 0.1) is 0 Å². The molecule has 2 aromatic heterocycles. The van der Waals surface area contributed by atoms with Gasteiger partial charge < -0.3 is 8.83 Å². The lowest BCUT2D eigenvalue weighted by Gasteiger charge is -2.25. The number of rotatable bonds is 2. The number of hydrogen-bond donors (Lipinski definition) is 0. The predicted molar refractivity (Wildman–Crippen MR) is 204 cm³/mol. The molecule has 49 heavy (non-hydrogen) atoms. The fourth-order valence-corrected chi connectivity index (χ4v) is 8.74. The van der Waals surface area contributed by atoms with Crippen molar-refractivity contribution < 1.29 is 8.83 Å². The standard InChI is InChI=1S/C47H30O2/c1-47(2)39-25-31(33-14-8-16-42-45(33)38-23-28-9-3-4-10-29(28)26-43(38)49-42)18-20-34(39)36-21-17-27-11-7-13-32(44(27)46(36)47)30-19-22-41-37(24-30)35-12-5-6-15-40(35)48-41/h3-26H,1-2H3. The van der Waals surface area contributed by atoms with Crippen LogP contribution in [0.5, 0.6) is 0 Å². The molecular weight excluding hydrogens is 597 g/mol. The quantitative estimate of drug-likeness (QED) is 0.191. The molecule has 0 aliphatic heterocycles. The topological polar surface area (TPSA) is 26.3 Å². The Kier molecular flexibility index (Phi) is 5.21. The number of furan rings is 2. The van der Waals surface area contributed by atoms with E-state index in [2.05, 4.69) is 147 Å². The maximum atomic E-state index is 6.45. The summed E-state index contributed by atoms with van der Waals surface area (Å²) in [4.78, 5) is 0. The first kappa shape index (κ1) is 26.9. The van der Waals surface area contributed by atoms with Crippen molar-refractivity contribution in [1.29, 1.82) is 0 Å². The van der Waals surface area contributed by atoms with Crippen LogP contribution in [0.1, 0.15) is 25.0 Å². The minimum absolute atomic E-state index is 0.217. The van der Waals surface area contributed by atoms with Crippen LogP contribution in [0.4, 0.5) is 0 Å². The molecule has 0 amide bonds. The molecule has 2 heterocycles. The molecule has 0 spiro atoms. The Morgan fingerprint density at radius 2 is 1.04 bits per heavy atom. The Labute approximate surface area is 282 Å². The summed E-state index contributed by atoms with van der Waals surface area (Å²) < 4.78 is 12.6. The zero-order valence-electron chi connectivity index (χ0n) is 27.2. The lowest BCUT2D eigenvalue weighted by atomic mass is 9.78. The van der Waals surface area contributed by atoms with E-state index in [1.165, 1.54) is 71.4 Å². The van der Waals surface area contributed by atoms with Gasteiger partial charge in [0.25, 0.3) is 0 Å². The van der Waals surface area contributed by atoms with Crippen molar-refractivity contribution in [1.82, 2.24) is 0 Å². The van der Waals surface area contributed by atoms with Crippen LogP contribution in [0.25, 0.3) is 98.8 Å². The minimum Gasteiger partial charge on any atom is -0.456 e. The molecule has 8 aromatic carbocycles. The smallest absolute Gasteiger partial charge is 0.136 e. The highest BCUT2D eigenvalue weighted by Gasteiger charge is 2.38. The SMILES string of the molecule is CC1(C)c2cc(-c3cccc4oc5cc6ccccc6cc5c34)ccc2-c2ccc3cccc(-c4ccc5oc6ccccc6c5c4)c3c21. The van der Waals surface area contributed by atoms with Crippen LogP contribution >= 0.6 is 0 Å². The molecule has 1 aliphatic rings. The monoisotopic (exact) mass is 626 g/mol. The molecule has 230 valence electrons. The molecule has 11 rings (SSSR count). The third-order valence-corrected chi connectivity index (χ3v) is 11.0. The first-order chi connectivity index (χ1) is 24.0. The Bertz CT molecular complexity index is 3020. The molecule has 0 atom stereocenters. The average Bonchev–Trinajstić information content (AvgIpc) is 3.77. The molecule has 1 aliphatic carbocycles. The van der Waals surface area contributed by atoms with Gasteiger partial charge in [-0.15, -0.1) is 0 Å². The van der Waals surface area contributed by atoms with Gasteiger partial charge in [-0.3, -0.25) is 0 Å². The second kappa shape index (κ2) is 9.49. The van der Waals surface area contributed by atoms with E-state index in [1.54, 1.807) is 0 Å². The molecule has 0 saturated heterocycles. The number of para-hydroxylation sites is 1. The van der Waals surface area contributed by atoms with Gasteiger partial charge in [-0.05, 0) is 109 Å². The summed E-state index contributed by atoms with van der Waals surface area (Å²) in [6.07, 6.45) is 0. The van der Waals surface area contributed by atoms with Gasteiger partial charge in [-0.25, -0.2) is 0 Å². The van der Waals surface area contributed by atoms with Gasteiger partial charge in [0.2, 0.25) is 0 Å². The number of fused-ring (bicyclic) bond motifs is 12. The van der Waals surface area contributed by atoms with Gasteiger partial charge in [-0.1, -0.05) is 117 Å². The largest absolute Gasteiger partial charge is 0.456 e. The molecule has 0 fully saturated rings. The van der Waals surface area contributed by atoms with Crippen molar-refractivity contribution in [3.05, 3.63) is 157 Å². The van der Waals surface area contributed by atoms with Gasteiger partial charge in [0, 0.05) is 27.0 Å². The van der Waals surface area contributed by atoms with E-state index >= 15 is 0 Å². The maximum Gasteiger partial charge on any atom is 0.136 e. The summed E-state index contributed by atoms with van der Waals surface area (Å²) >= 11 is 0. The predicted octanol–water partition coefficient (Wildman–Crippen LogP) is 13.4. The minimum atomic E-state index is -0.217. The summed E-state index contributed by atoms with van der Waals surface area (Å²) in [6.45, 7) is 4.79. The van der Waals surface area contributed by atoms with E-state index in [-0.39, 0.29) is 5.41 Å². The van der Waals surface area contributed by atoms with Crippen molar-refractivity contribution in [2.75, 3.05) is 0 Å². The van der Waals surface area contributed by atoms with Gasteiger partial charge in [0.15, 0.2) is 0 Å². The second-order valence-corrected chi connectivity index (χ2v) is 14.1. The van der Waals surface area contributed by atoms with Gasteiger partial charge >= 0.3 is 0 Å². The molecule has 2 heteroatoms. The lowest BCUT2D eigenvalue weighted by molar-refractivity contribution is 0.666. The van der Waals surface area contributed by atoms with E-state index < -0.39 is 0 Å². The molecular formula is C47H30O2. The second-order valence-electron chi connectivity index (χ2n) is 14.1. The van der Waals surface area contributed by atoms with Crippen LogP contribution in [0.15, 0.2) is 154 Å². The Hall–Kier alpha value is -6.12. The zero-order chi connectivity index (χ0) is 32.4. The summed E-state index contributed by atoms with van der Waals surface area (Å²) in [6, 6.07) is 52.8. The third kappa shape index (κ3) is 3.66. The van der Waals surface area contributed by atoms with Crippen LogP contribution in [-0.4, -0.2) is 0 Å². The Morgan fingerprint density at radius 3 is 1.94 bits per heavy atom. The molecule has 2 nitrogen and oxygen atoms in total. The lowest BCUT2D eigenvalue weighted by Crippen LogP contribution is -2.16. The highest BCUT2D eigenvalue weighted by Crippen LogP contribution is 2.54. The summed E-state index contributed by atoms with van der Waals surface area (Å²) in [7, 11) is 0. The van der Waals surface area contributed by atoms with Gasteiger partial charge in [-0.2, -0.15) is 0 Å². The van der Waals surface area contributed by atoms with E-state index in [0.29, 0.717) is 0 Å². The van der Waals surface area contributed by atoms with E-state index in [1.807, 2.05) is 12.1 Å². The molecule has 0 unspecified atom stereocenters. The van der Waals surface area contributed by atoms with E-state index in [4.69, 9.17) is 8.83 Å². The van der Waals surface area contributed by atoms with E-state index in [9.17, 15) is 0 Å². The highest BCUT2D eigenvalue weighted by atomic mass is 16.3. The van der Waals surface area contributed by atoms with Crippen molar-refractivity contribution in [2.45, 2.75) is 19.3 Å². The van der Waals surface area contributed by atoms with Crippen LogP contribution < -0.4 is 0 Å². The fourth-order valence-electron chi connectivity index (χ4n) is 8.74. The number of hydrogen-bond acceptors (Lipinski definition) is 2. The normalized spacial score (nSPS) is 13.7. The van der Waals surface area contributed by atoms with Crippen molar-refractivity contribution in [3.8, 4) is 33.4 Å².